The first kappa shape index (κ1) is 16.6. The minimum absolute atomic E-state index is 0.0115. The third-order valence-corrected chi connectivity index (χ3v) is 4.45. The van der Waals surface area contributed by atoms with E-state index in [1.54, 1.807) is 11.7 Å². The van der Waals surface area contributed by atoms with Crippen LogP contribution in [0.4, 0.5) is 0 Å². The Balaban J connectivity index is 1.70. The minimum Gasteiger partial charge on any atom is -0.356 e. The lowest BCUT2D eigenvalue weighted by Crippen LogP contribution is -2.43. The summed E-state index contributed by atoms with van der Waals surface area (Å²) in [6.45, 7) is 4.91. The van der Waals surface area contributed by atoms with Gasteiger partial charge in [0, 0.05) is 20.1 Å². The zero-order valence-electron chi connectivity index (χ0n) is 14.2. The smallest absolute Gasteiger partial charge is 0.262 e. The first-order valence-electron chi connectivity index (χ1n) is 8.49. The van der Waals surface area contributed by atoms with Crippen molar-refractivity contribution in [2.45, 2.75) is 32.7 Å². The number of carbonyl (C=O) groups excluding carboxylic acids is 1. The van der Waals surface area contributed by atoms with Gasteiger partial charge in [-0.2, -0.15) is 5.10 Å². The quantitative estimate of drug-likeness (QED) is 0.826. The number of H-pyrrole nitrogens is 1. The number of amides is 1. The topological polar surface area (TPSA) is 95.9 Å². The van der Waals surface area contributed by atoms with Gasteiger partial charge in [0.05, 0.1) is 18.7 Å². The lowest BCUT2D eigenvalue weighted by atomic mass is 9.97. The molecule has 0 unspecified atom stereocenters. The van der Waals surface area contributed by atoms with Gasteiger partial charge in [0.1, 0.15) is 11.2 Å². The molecule has 8 heteroatoms. The van der Waals surface area contributed by atoms with Gasteiger partial charge in [0.25, 0.3) is 5.56 Å². The highest BCUT2D eigenvalue weighted by molar-refractivity contribution is 5.78. The maximum Gasteiger partial charge on any atom is 0.262 e. The van der Waals surface area contributed by atoms with Crippen molar-refractivity contribution < 1.29 is 4.79 Å². The number of rotatable bonds is 5. The second-order valence-corrected chi connectivity index (χ2v) is 6.38. The molecular formula is C16H24N6O2. The van der Waals surface area contributed by atoms with Gasteiger partial charge in [-0.05, 0) is 25.8 Å². The molecule has 1 saturated heterocycles. The number of aromatic nitrogens is 4. The Morgan fingerprint density at radius 2 is 2.33 bits per heavy atom. The van der Waals surface area contributed by atoms with Crippen molar-refractivity contribution in [3.05, 3.63) is 22.4 Å². The number of nitrogens with one attached hydrogen (secondary N) is 2. The van der Waals surface area contributed by atoms with E-state index in [-0.39, 0.29) is 17.4 Å². The number of carbonyl (C=O) groups is 1. The van der Waals surface area contributed by atoms with E-state index < -0.39 is 0 Å². The molecule has 3 rings (SSSR count). The molecule has 2 aromatic rings. The van der Waals surface area contributed by atoms with E-state index in [0.717, 1.165) is 32.4 Å². The molecule has 0 saturated carbocycles. The molecule has 0 spiro atoms. The van der Waals surface area contributed by atoms with Gasteiger partial charge < -0.3 is 10.3 Å². The van der Waals surface area contributed by atoms with Crippen LogP contribution in [0.1, 0.15) is 32.0 Å². The Morgan fingerprint density at radius 3 is 3.12 bits per heavy atom. The molecule has 0 aliphatic carbocycles. The molecule has 24 heavy (non-hydrogen) atoms. The van der Waals surface area contributed by atoms with Crippen LogP contribution < -0.4 is 10.9 Å². The molecule has 2 aromatic heterocycles. The predicted octanol–water partition coefficient (Wildman–Crippen LogP) is 0.395. The molecule has 0 radical (unpaired) electrons. The van der Waals surface area contributed by atoms with Crippen molar-refractivity contribution in [1.29, 1.82) is 0 Å². The van der Waals surface area contributed by atoms with E-state index in [9.17, 15) is 9.59 Å². The second kappa shape index (κ2) is 7.12. The first-order chi connectivity index (χ1) is 11.6. The van der Waals surface area contributed by atoms with Crippen LogP contribution in [0.3, 0.4) is 0 Å². The fourth-order valence-corrected chi connectivity index (χ4v) is 3.17. The number of hydrogen-bond acceptors (Lipinski definition) is 5. The average Bonchev–Trinajstić information content (AvgIpc) is 2.95. The lowest BCUT2D eigenvalue weighted by Gasteiger charge is -2.31. The van der Waals surface area contributed by atoms with Crippen molar-refractivity contribution in [3.8, 4) is 0 Å². The Hall–Kier alpha value is -2.22. The molecule has 1 aliphatic rings. The largest absolute Gasteiger partial charge is 0.356 e. The average molecular weight is 332 g/mol. The van der Waals surface area contributed by atoms with Crippen LogP contribution in [0.5, 0.6) is 0 Å². The van der Waals surface area contributed by atoms with Gasteiger partial charge in [-0.15, -0.1) is 0 Å². The van der Waals surface area contributed by atoms with Crippen LogP contribution in [0.15, 0.2) is 11.0 Å². The van der Waals surface area contributed by atoms with Gasteiger partial charge >= 0.3 is 0 Å². The number of nitrogens with zero attached hydrogens (tertiary/aromatic N) is 4. The maximum absolute atomic E-state index is 12.2. The van der Waals surface area contributed by atoms with E-state index in [1.807, 2.05) is 6.92 Å². The molecule has 0 aromatic carbocycles. The van der Waals surface area contributed by atoms with Gasteiger partial charge in [-0.25, -0.2) is 4.98 Å². The summed E-state index contributed by atoms with van der Waals surface area (Å²) in [6.07, 6.45) is 4.36. The van der Waals surface area contributed by atoms with E-state index in [4.69, 9.17) is 0 Å². The van der Waals surface area contributed by atoms with Crippen LogP contribution in [0.25, 0.3) is 11.0 Å². The van der Waals surface area contributed by atoms with Gasteiger partial charge in [-0.3, -0.25) is 19.2 Å². The van der Waals surface area contributed by atoms with Crippen molar-refractivity contribution in [1.82, 2.24) is 30.0 Å². The molecule has 8 nitrogen and oxygen atoms in total. The number of hydrogen-bond donors (Lipinski definition) is 2. The van der Waals surface area contributed by atoms with Crippen molar-refractivity contribution in [2.75, 3.05) is 19.6 Å². The summed E-state index contributed by atoms with van der Waals surface area (Å²) in [7, 11) is 1.77. The molecule has 1 amide bonds. The Labute approximate surface area is 140 Å². The van der Waals surface area contributed by atoms with Crippen LogP contribution in [-0.4, -0.2) is 50.2 Å². The number of aromatic amines is 1. The third kappa shape index (κ3) is 3.48. The van der Waals surface area contributed by atoms with Crippen molar-refractivity contribution in [3.63, 3.8) is 0 Å². The van der Waals surface area contributed by atoms with Gasteiger partial charge in [-0.1, -0.05) is 6.92 Å². The molecule has 1 fully saturated rings. The number of aryl methyl sites for hydroxylation is 1. The summed E-state index contributed by atoms with van der Waals surface area (Å²) < 4.78 is 1.60. The van der Waals surface area contributed by atoms with Gasteiger partial charge in [0.15, 0.2) is 5.65 Å². The van der Waals surface area contributed by atoms with Gasteiger partial charge in [0.2, 0.25) is 5.91 Å². The van der Waals surface area contributed by atoms with Crippen molar-refractivity contribution in [2.24, 2.45) is 13.0 Å². The van der Waals surface area contributed by atoms with E-state index in [0.29, 0.717) is 29.9 Å². The maximum atomic E-state index is 12.2. The number of piperidine rings is 1. The molecule has 1 atom stereocenters. The fourth-order valence-electron chi connectivity index (χ4n) is 3.17. The number of likely N-dealkylation sites (tertiary alicyclic amines) is 1. The summed E-state index contributed by atoms with van der Waals surface area (Å²) >= 11 is 0. The summed E-state index contributed by atoms with van der Waals surface area (Å²) in [5.74, 6) is 0.758. The Kier molecular flexibility index (Phi) is 4.94. The molecule has 3 heterocycles. The van der Waals surface area contributed by atoms with E-state index in [2.05, 4.69) is 25.3 Å². The first-order valence-corrected chi connectivity index (χ1v) is 8.49. The van der Waals surface area contributed by atoms with E-state index in [1.165, 1.54) is 6.20 Å². The standard InChI is InChI=1S/C16H24N6O2/c1-3-6-17-15(23)11-5-4-7-22(9-11)10-13-19-14-12(16(24)20-13)8-18-21(14)2/h8,11H,3-7,9-10H2,1-2H3,(H,17,23)(H,19,20,24)/t11-/m1/s1. The highest BCUT2D eigenvalue weighted by Gasteiger charge is 2.26. The zero-order chi connectivity index (χ0) is 17.1. The second-order valence-electron chi connectivity index (χ2n) is 6.38. The third-order valence-electron chi connectivity index (χ3n) is 4.45. The van der Waals surface area contributed by atoms with Crippen LogP contribution in [0, 0.1) is 5.92 Å². The van der Waals surface area contributed by atoms with Crippen molar-refractivity contribution >= 4 is 16.9 Å². The van der Waals surface area contributed by atoms with Crippen LogP contribution in [0.2, 0.25) is 0 Å². The zero-order valence-corrected chi connectivity index (χ0v) is 14.2. The normalized spacial score (nSPS) is 18.8. The highest BCUT2D eigenvalue weighted by Crippen LogP contribution is 2.18. The summed E-state index contributed by atoms with van der Waals surface area (Å²) in [4.78, 5) is 33.8. The lowest BCUT2D eigenvalue weighted by molar-refractivity contribution is -0.126. The highest BCUT2D eigenvalue weighted by atomic mass is 16.2. The Morgan fingerprint density at radius 1 is 1.50 bits per heavy atom. The monoisotopic (exact) mass is 332 g/mol. The van der Waals surface area contributed by atoms with Crippen LogP contribution >= 0.6 is 0 Å². The molecule has 2 N–H and O–H groups in total. The minimum atomic E-state index is -0.169. The number of fused-ring (bicyclic) bond motifs is 1. The summed E-state index contributed by atoms with van der Waals surface area (Å²) in [5.41, 5.74) is 0.417. The summed E-state index contributed by atoms with van der Waals surface area (Å²) in [6, 6.07) is 0. The fraction of sp³-hybridized carbons (Fsp3) is 0.625. The SMILES string of the molecule is CCCNC(=O)[C@@H]1CCCN(Cc2nc3c(cnn3C)c(=O)[nH]2)C1. The van der Waals surface area contributed by atoms with E-state index >= 15 is 0 Å². The Bertz CT molecular complexity index is 780. The molecule has 1 aliphatic heterocycles. The summed E-state index contributed by atoms with van der Waals surface area (Å²) in [5, 5.41) is 7.55. The predicted molar refractivity (Wildman–Crippen MR) is 90.4 cm³/mol. The molecular weight excluding hydrogens is 308 g/mol. The molecule has 130 valence electrons. The molecule has 0 bridgehead atoms. The van der Waals surface area contributed by atoms with Crippen LogP contribution in [-0.2, 0) is 18.4 Å².